The number of ether oxygens (including phenoxy) is 6. The molecule has 0 bridgehead atoms. The SMILES string of the molecule is CC(C)C[C@H](NC(=O)[C@H](CO)NC(=O)OCc1ccc(NC(=O)C(CCCNC(N)=O)NC(O)[C@@H](NC(=O)[C@@H](CCC(=O)O)NC(=O)CCOCCOCCOCCOCCNC(=O)OCC2C3CCc4nnn(C)c4CCC32)C(C)C)cc1)C(=O)NC(C)C. The normalized spacial score (nSPS) is 17.1. The summed E-state index contributed by atoms with van der Waals surface area (Å²) in [5.74, 6) is -3.37. The van der Waals surface area contributed by atoms with Gasteiger partial charge in [-0.2, -0.15) is 0 Å². The average molecular weight is 1280 g/mol. The van der Waals surface area contributed by atoms with Crippen LogP contribution in [0.5, 0.6) is 0 Å². The van der Waals surface area contributed by atoms with Crippen LogP contribution < -0.4 is 53.6 Å². The minimum absolute atomic E-state index is 0.0406. The number of amides is 9. The van der Waals surface area contributed by atoms with Gasteiger partial charge >= 0.3 is 24.2 Å². The maximum atomic E-state index is 13.8. The Labute approximate surface area is 525 Å². The van der Waals surface area contributed by atoms with E-state index in [1.54, 1.807) is 39.8 Å². The van der Waals surface area contributed by atoms with Gasteiger partial charge in [-0.05, 0) is 112 Å². The summed E-state index contributed by atoms with van der Waals surface area (Å²) < 4.78 is 34.7. The molecule has 0 saturated heterocycles. The topological polar surface area (TPSA) is 435 Å². The van der Waals surface area contributed by atoms with E-state index in [1.807, 2.05) is 25.6 Å². The number of anilines is 1. The number of carboxylic acid groups (broad SMARTS) is 1. The van der Waals surface area contributed by atoms with E-state index in [0.717, 1.165) is 31.4 Å². The highest BCUT2D eigenvalue weighted by molar-refractivity contribution is 5.95. The quantitative estimate of drug-likeness (QED) is 0.0312. The largest absolute Gasteiger partial charge is 0.481 e. The van der Waals surface area contributed by atoms with Gasteiger partial charge in [0, 0.05) is 44.7 Å². The number of aryl methyl sites for hydroxylation is 2. The molecule has 31 nitrogen and oxygen atoms in total. The molecule has 9 amide bonds. The van der Waals surface area contributed by atoms with Crippen LogP contribution in [0.25, 0.3) is 0 Å². The number of carbonyl (C=O) groups excluding carboxylic acids is 8. The second-order valence-electron chi connectivity index (χ2n) is 23.3. The number of aliphatic hydroxyl groups excluding tert-OH is 2. The number of fused-ring (bicyclic) bond motifs is 2. The molecule has 90 heavy (non-hydrogen) atoms. The Morgan fingerprint density at radius 3 is 1.90 bits per heavy atom. The second-order valence-corrected chi connectivity index (χ2v) is 23.3. The molecular weight excluding hydrogens is 1180 g/mol. The van der Waals surface area contributed by atoms with E-state index in [9.17, 15) is 58.5 Å². The van der Waals surface area contributed by atoms with E-state index in [1.165, 1.54) is 17.8 Å². The van der Waals surface area contributed by atoms with Crippen LogP contribution in [0.2, 0.25) is 0 Å². The van der Waals surface area contributed by atoms with Crippen molar-refractivity contribution in [3.05, 3.63) is 41.2 Å². The van der Waals surface area contributed by atoms with Crippen molar-refractivity contribution in [3.8, 4) is 0 Å². The third kappa shape index (κ3) is 28.7. The molecule has 2 aromatic rings. The molecule has 9 atom stereocenters. The molecule has 5 unspecified atom stereocenters. The molecule has 1 aromatic heterocycles. The first-order chi connectivity index (χ1) is 42.9. The number of aliphatic hydroxyl groups is 2. The summed E-state index contributed by atoms with van der Waals surface area (Å²) in [6, 6.07) is -0.715. The molecule has 1 aromatic carbocycles. The van der Waals surface area contributed by atoms with Gasteiger partial charge in [-0.1, -0.05) is 45.0 Å². The monoisotopic (exact) mass is 1280 g/mol. The summed E-state index contributed by atoms with van der Waals surface area (Å²) >= 11 is 0. The van der Waals surface area contributed by atoms with Gasteiger partial charge in [-0.25, -0.2) is 14.4 Å². The van der Waals surface area contributed by atoms with Crippen molar-refractivity contribution in [2.24, 2.45) is 42.4 Å². The maximum Gasteiger partial charge on any atom is 0.408 e. The molecule has 506 valence electrons. The molecule has 31 heteroatoms. The van der Waals surface area contributed by atoms with Crippen LogP contribution in [0.1, 0.15) is 110 Å². The Bertz CT molecular complexity index is 2580. The lowest BCUT2D eigenvalue weighted by molar-refractivity contribution is -0.138. The molecule has 4 rings (SSSR count). The number of benzene rings is 1. The van der Waals surface area contributed by atoms with E-state index in [2.05, 4.69) is 58.2 Å². The fourth-order valence-corrected chi connectivity index (χ4v) is 10.1. The van der Waals surface area contributed by atoms with E-state index in [0.29, 0.717) is 75.0 Å². The maximum absolute atomic E-state index is 13.8. The van der Waals surface area contributed by atoms with Gasteiger partial charge in [-0.15, -0.1) is 5.10 Å². The van der Waals surface area contributed by atoms with Crippen molar-refractivity contribution in [1.29, 1.82) is 0 Å². The summed E-state index contributed by atoms with van der Waals surface area (Å²) in [6.07, 6.45) is 0.483. The van der Waals surface area contributed by atoms with Crippen molar-refractivity contribution < 1.29 is 86.9 Å². The first kappa shape index (κ1) is 75.2. The minimum atomic E-state index is -1.58. The molecule has 0 aliphatic heterocycles. The zero-order valence-corrected chi connectivity index (χ0v) is 52.9. The summed E-state index contributed by atoms with van der Waals surface area (Å²) in [6.45, 7) is 12.2. The average Bonchev–Trinajstić information content (AvgIpc) is 1.62. The van der Waals surface area contributed by atoms with Gasteiger partial charge in [0.25, 0.3) is 0 Å². The number of nitrogens with zero attached hydrogens (tertiary/aromatic N) is 3. The van der Waals surface area contributed by atoms with Crippen LogP contribution in [-0.2, 0) is 83.7 Å². The van der Waals surface area contributed by atoms with Gasteiger partial charge in [-0.3, -0.25) is 38.8 Å². The third-order valence-electron chi connectivity index (χ3n) is 15.0. The zero-order valence-electron chi connectivity index (χ0n) is 52.9. The van der Waals surface area contributed by atoms with E-state index < -0.39 is 109 Å². The number of aromatic nitrogens is 3. The number of hydrogen-bond donors (Lipinski definition) is 13. The van der Waals surface area contributed by atoms with Crippen molar-refractivity contribution in [2.75, 3.05) is 84.5 Å². The number of primary amides is 1. The molecule has 1 heterocycles. The smallest absolute Gasteiger partial charge is 0.408 e. The van der Waals surface area contributed by atoms with Gasteiger partial charge in [0.2, 0.25) is 29.5 Å². The van der Waals surface area contributed by atoms with Crippen LogP contribution in [0.3, 0.4) is 0 Å². The third-order valence-corrected chi connectivity index (χ3v) is 15.0. The number of urea groups is 1. The Kier molecular flexibility index (Phi) is 33.8. The van der Waals surface area contributed by atoms with E-state index >= 15 is 0 Å². The van der Waals surface area contributed by atoms with Crippen molar-refractivity contribution in [2.45, 2.75) is 155 Å². The zero-order chi connectivity index (χ0) is 66.1. The highest BCUT2D eigenvalue weighted by atomic mass is 16.6. The van der Waals surface area contributed by atoms with Crippen LogP contribution in [0.4, 0.5) is 20.1 Å². The van der Waals surface area contributed by atoms with Gasteiger partial charge in [0.05, 0.1) is 89.5 Å². The molecule has 14 N–H and O–H groups in total. The Balaban J connectivity index is 1.13. The molecule has 0 radical (unpaired) electrons. The summed E-state index contributed by atoms with van der Waals surface area (Å²) in [4.78, 5) is 114. The molecule has 1 fully saturated rings. The number of hydrogen-bond acceptors (Lipinski definition) is 20. The van der Waals surface area contributed by atoms with E-state index in [-0.39, 0.29) is 77.2 Å². The van der Waals surface area contributed by atoms with Crippen LogP contribution >= 0.6 is 0 Å². The number of nitrogens with one attached hydrogen (secondary N) is 9. The Morgan fingerprint density at radius 2 is 1.29 bits per heavy atom. The Morgan fingerprint density at radius 1 is 0.667 bits per heavy atom. The highest BCUT2D eigenvalue weighted by Gasteiger charge is 2.50. The van der Waals surface area contributed by atoms with Crippen molar-refractivity contribution in [1.82, 2.24) is 57.5 Å². The van der Waals surface area contributed by atoms with Crippen molar-refractivity contribution in [3.63, 3.8) is 0 Å². The summed E-state index contributed by atoms with van der Waals surface area (Å²) in [5, 5.41) is 63.0. The highest BCUT2D eigenvalue weighted by Crippen LogP contribution is 2.52. The molecule has 0 spiro atoms. The fourth-order valence-electron chi connectivity index (χ4n) is 10.1. The summed E-state index contributed by atoms with van der Waals surface area (Å²) in [5.41, 5.74) is 8.27. The molecule has 2 aliphatic rings. The number of carbonyl (C=O) groups is 9. The number of alkyl carbamates (subject to hydrolysis) is 2. The van der Waals surface area contributed by atoms with Crippen molar-refractivity contribution >= 4 is 59.4 Å². The van der Waals surface area contributed by atoms with Gasteiger partial charge < -0.3 is 92.0 Å². The summed E-state index contributed by atoms with van der Waals surface area (Å²) in [7, 11) is 1.92. The first-order valence-electron chi connectivity index (χ1n) is 30.9. The van der Waals surface area contributed by atoms with Gasteiger partial charge in [0.1, 0.15) is 31.0 Å². The number of rotatable bonds is 43. The first-order valence-corrected chi connectivity index (χ1v) is 30.9. The number of carboxylic acids is 1. The molecule has 1 saturated carbocycles. The van der Waals surface area contributed by atoms with Crippen LogP contribution in [0, 0.1) is 29.6 Å². The fraction of sp³-hybridized carbons (Fsp3) is 0.712. The predicted octanol–water partition coefficient (Wildman–Crippen LogP) is 0.236. The van der Waals surface area contributed by atoms with Gasteiger partial charge in [0.15, 0.2) is 0 Å². The lowest BCUT2D eigenvalue weighted by Gasteiger charge is -2.32. The minimum Gasteiger partial charge on any atom is -0.481 e. The van der Waals surface area contributed by atoms with Crippen LogP contribution in [-0.4, -0.2) is 206 Å². The standard InChI is InChI=1S/C59H97N13O18/c1-35(2)31-46(54(79)63-37(5)6)67-55(80)47(32-73)68-59(84)89-33-38-10-12-39(13-11-38)64-52(77)44(9-8-21-61-57(60)82)66-56(81)51(36(3)4)69-53(78)45(17-19-50(75)76)65-49(74)20-23-85-25-27-87-29-30-88-28-26-86-24-22-62-58(83)90-34-42-40-14-16-43-48(18-15-41(40)42)72(7)71-70-43/h10-13,35-37,40-42,44-47,51,56,66,73,81H,8-9,14-34H2,1-7H3,(H,62,83)(H,63,79)(H,64,77)(H,65,74)(H,67,80)(H,68,84)(H,69,78)(H,75,76)(H3,60,61,82)/t40?,41?,42?,44?,45-,46+,47+,51+,56?/m1/s1. The molecule has 2 aliphatic carbocycles. The lowest BCUT2D eigenvalue weighted by atomic mass is 10.00. The predicted molar refractivity (Wildman–Crippen MR) is 325 cm³/mol. The number of aliphatic carboxylic acids is 1. The number of nitrogens with two attached hydrogens (primary N) is 1. The lowest BCUT2D eigenvalue weighted by Crippen LogP contribution is -2.60. The Hall–Kier alpha value is -7.29. The van der Waals surface area contributed by atoms with Crippen LogP contribution in [0.15, 0.2) is 24.3 Å². The molecular formula is C59H97N13O18. The second kappa shape index (κ2) is 40.5. The van der Waals surface area contributed by atoms with E-state index in [4.69, 9.17) is 34.2 Å².